The number of anilines is 1. The number of aromatic nitrogens is 1. The van der Waals surface area contributed by atoms with Crippen LogP contribution in [0.25, 0.3) is 0 Å². The molecule has 136 valence electrons. The van der Waals surface area contributed by atoms with Crippen molar-refractivity contribution in [3.05, 3.63) is 57.5 Å². The van der Waals surface area contributed by atoms with Gasteiger partial charge in [0.05, 0.1) is 12.2 Å². The van der Waals surface area contributed by atoms with Gasteiger partial charge in [0.1, 0.15) is 5.75 Å². The van der Waals surface area contributed by atoms with E-state index in [4.69, 9.17) is 4.74 Å². The lowest BCUT2D eigenvalue weighted by Gasteiger charge is -2.33. The molecule has 1 aliphatic rings. The van der Waals surface area contributed by atoms with E-state index < -0.39 is 6.10 Å². The minimum Gasteiger partial charge on any atom is -0.477 e. The van der Waals surface area contributed by atoms with E-state index in [0.29, 0.717) is 17.0 Å². The van der Waals surface area contributed by atoms with Crippen molar-refractivity contribution in [2.75, 3.05) is 11.4 Å². The zero-order valence-electron chi connectivity index (χ0n) is 15.0. The van der Waals surface area contributed by atoms with Crippen LogP contribution in [0.1, 0.15) is 23.7 Å². The Bertz CT molecular complexity index is 919. The second kappa shape index (κ2) is 7.03. The van der Waals surface area contributed by atoms with Gasteiger partial charge in [-0.05, 0) is 37.6 Å². The van der Waals surface area contributed by atoms with Gasteiger partial charge in [0, 0.05) is 24.7 Å². The van der Waals surface area contributed by atoms with E-state index in [9.17, 15) is 14.4 Å². The summed E-state index contributed by atoms with van der Waals surface area (Å²) in [6.45, 7) is 5.31. The largest absolute Gasteiger partial charge is 0.477 e. The number of carbonyl (C=O) groups is 2. The Morgan fingerprint density at radius 1 is 1.31 bits per heavy atom. The number of rotatable bonds is 3. The van der Waals surface area contributed by atoms with Gasteiger partial charge in [-0.25, -0.2) is 0 Å². The second-order valence-electron chi connectivity index (χ2n) is 6.36. The van der Waals surface area contributed by atoms with Crippen LogP contribution in [0.2, 0.25) is 0 Å². The maximum absolute atomic E-state index is 12.6. The number of para-hydroxylation sites is 2. The Morgan fingerprint density at radius 3 is 2.73 bits per heavy atom. The van der Waals surface area contributed by atoms with Gasteiger partial charge < -0.3 is 19.9 Å². The first kappa shape index (κ1) is 17.7. The monoisotopic (exact) mass is 355 g/mol. The molecule has 0 bridgehead atoms. The van der Waals surface area contributed by atoms with Crippen molar-refractivity contribution < 1.29 is 14.3 Å². The molecule has 1 aliphatic heterocycles. The molecule has 0 spiro atoms. The van der Waals surface area contributed by atoms with Crippen molar-refractivity contribution in [3.63, 3.8) is 0 Å². The highest BCUT2D eigenvalue weighted by Crippen LogP contribution is 2.33. The summed E-state index contributed by atoms with van der Waals surface area (Å²) in [6, 6.07) is 8.95. The molecule has 0 unspecified atom stereocenters. The maximum Gasteiger partial charge on any atom is 0.263 e. The normalized spacial score (nSPS) is 15.8. The number of H-pyrrole nitrogens is 1. The molecule has 2 N–H and O–H groups in total. The van der Waals surface area contributed by atoms with Gasteiger partial charge in [0.2, 0.25) is 5.91 Å². The van der Waals surface area contributed by atoms with Crippen molar-refractivity contribution in [2.24, 2.45) is 0 Å². The van der Waals surface area contributed by atoms with Gasteiger partial charge >= 0.3 is 0 Å². The number of aromatic amines is 1. The molecule has 7 heteroatoms. The molecule has 1 atom stereocenters. The lowest BCUT2D eigenvalue weighted by molar-refractivity contribution is -0.128. The minimum atomic E-state index is -0.835. The van der Waals surface area contributed by atoms with E-state index in [-0.39, 0.29) is 30.5 Å². The van der Waals surface area contributed by atoms with Crippen LogP contribution in [-0.2, 0) is 16.1 Å². The van der Waals surface area contributed by atoms with Crippen molar-refractivity contribution in [1.29, 1.82) is 0 Å². The topological polar surface area (TPSA) is 91.5 Å². The van der Waals surface area contributed by atoms with Crippen LogP contribution in [0.4, 0.5) is 5.69 Å². The highest BCUT2D eigenvalue weighted by atomic mass is 16.5. The molecular weight excluding hydrogens is 334 g/mol. The summed E-state index contributed by atoms with van der Waals surface area (Å²) in [5.74, 6) is -0.0482. The molecule has 3 rings (SSSR count). The number of carbonyl (C=O) groups excluding carboxylic acids is 2. The fraction of sp³-hybridized carbons (Fsp3) is 0.316. The highest BCUT2D eigenvalue weighted by Gasteiger charge is 2.32. The van der Waals surface area contributed by atoms with Crippen molar-refractivity contribution >= 4 is 17.5 Å². The second-order valence-corrected chi connectivity index (χ2v) is 6.36. The van der Waals surface area contributed by atoms with E-state index in [0.717, 1.165) is 11.3 Å². The average molecular weight is 355 g/mol. The van der Waals surface area contributed by atoms with E-state index in [1.807, 2.05) is 19.1 Å². The van der Waals surface area contributed by atoms with Gasteiger partial charge in [-0.3, -0.25) is 14.4 Å². The van der Waals surface area contributed by atoms with Crippen LogP contribution < -0.4 is 20.5 Å². The van der Waals surface area contributed by atoms with Gasteiger partial charge in [-0.1, -0.05) is 12.1 Å². The molecule has 7 nitrogen and oxygen atoms in total. The molecule has 0 saturated carbocycles. The number of fused-ring (bicyclic) bond motifs is 1. The smallest absolute Gasteiger partial charge is 0.263 e. The molecule has 1 aromatic carbocycles. The summed E-state index contributed by atoms with van der Waals surface area (Å²) in [5.41, 5.74) is 2.51. The molecule has 26 heavy (non-hydrogen) atoms. The van der Waals surface area contributed by atoms with Crippen LogP contribution >= 0.6 is 0 Å². The number of pyridine rings is 1. The fourth-order valence-electron chi connectivity index (χ4n) is 3.06. The minimum absolute atomic E-state index is 0.0991. The van der Waals surface area contributed by atoms with Crippen LogP contribution in [-0.4, -0.2) is 29.4 Å². The van der Waals surface area contributed by atoms with Gasteiger partial charge in [-0.15, -0.1) is 0 Å². The van der Waals surface area contributed by atoms with E-state index >= 15 is 0 Å². The number of nitrogens with zero attached hydrogens (tertiary/aromatic N) is 1. The predicted molar refractivity (Wildman–Crippen MR) is 97.3 cm³/mol. The summed E-state index contributed by atoms with van der Waals surface area (Å²) in [7, 11) is 0. The van der Waals surface area contributed by atoms with Gasteiger partial charge in [0.15, 0.2) is 6.10 Å². The zero-order valence-corrected chi connectivity index (χ0v) is 15.0. The molecule has 2 amide bonds. The number of amides is 2. The molecule has 0 aliphatic carbocycles. The SMILES string of the molecule is CC(=O)N1C[C@@H](C(=O)NCc2c(C)cc(C)[nH]c2=O)Oc2ccccc21. The number of aryl methyl sites for hydroxylation is 2. The number of hydrogen-bond donors (Lipinski definition) is 2. The van der Waals surface area contributed by atoms with E-state index in [1.54, 1.807) is 25.1 Å². The molecule has 2 aromatic rings. The number of ether oxygens (including phenoxy) is 1. The predicted octanol–water partition coefficient (Wildman–Crippen LogP) is 1.42. The summed E-state index contributed by atoms with van der Waals surface area (Å²) < 4.78 is 5.75. The summed E-state index contributed by atoms with van der Waals surface area (Å²) in [5, 5.41) is 2.74. The lowest BCUT2D eigenvalue weighted by atomic mass is 10.1. The van der Waals surface area contributed by atoms with Crippen LogP contribution in [0, 0.1) is 13.8 Å². The number of nitrogens with one attached hydrogen (secondary N) is 2. The molecular formula is C19H21N3O4. The van der Waals surface area contributed by atoms with Crippen molar-refractivity contribution in [2.45, 2.75) is 33.4 Å². The lowest BCUT2D eigenvalue weighted by Crippen LogP contribution is -2.50. The quantitative estimate of drug-likeness (QED) is 0.871. The first-order chi connectivity index (χ1) is 12.4. The van der Waals surface area contributed by atoms with Gasteiger partial charge in [-0.2, -0.15) is 0 Å². The summed E-state index contributed by atoms with van der Waals surface area (Å²) in [6.07, 6.45) is -0.835. The summed E-state index contributed by atoms with van der Waals surface area (Å²) >= 11 is 0. The van der Waals surface area contributed by atoms with E-state index in [2.05, 4.69) is 10.3 Å². The number of hydrogen-bond acceptors (Lipinski definition) is 4. The van der Waals surface area contributed by atoms with Gasteiger partial charge in [0.25, 0.3) is 11.5 Å². The Balaban J connectivity index is 1.75. The third-order valence-electron chi connectivity index (χ3n) is 4.38. The Labute approximate surface area is 151 Å². The molecule has 0 saturated heterocycles. The highest BCUT2D eigenvalue weighted by molar-refractivity contribution is 5.95. The first-order valence-electron chi connectivity index (χ1n) is 8.37. The Kier molecular flexibility index (Phi) is 4.79. The van der Waals surface area contributed by atoms with E-state index in [1.165, 1.54) is 11.8 Å². The van der Waals surface area contributed by atoms with Crippen LogP contribution in [0.3, 0.4) is 0 Å². The van der Waals surface area contributed by atoms with Crippen LogP contribution in [0.15, 0.2) is 35.1 Å². The average Bonchev–Trinajstić information content (AvgIpc) is 2.59. The molecule has 0 radical (unpaired) electrons. The Morgan fingerprint density at radius 2 is 2.04 bits per heavy atom. The third kappa shape index (κ3) is 3.46. The molecule has 1 aromatic heterocycles. The molecule has 2 heterocycles. The van der Waals surface area contributed by atoms with Crippen molar-refractivity contribution in [1.82, 2.24) is 10.3 Å². The Hall–Kier alpha value is -3.09. The van der Waals surface area contributed by atoms with Crippen molar-refractivity contribution in [3.8, 4) is 5.75 Å². The number of benzene rings is 1. The first-order valence-corrected chi connectivity index (χ1v) is 8.37. The molecule has 0 fully saturated rings. The standard InChI is InChI=1S/C19H21N3O4/c1-11-8-12(2)21-18(24)14(11)9-20-19(25)17-10-22(13(3)23)15-6-4-5-7-16(15)26-17/h4-8,17H,9-10H2,1-3H3,(H,20,25)(H,21,24)/t17-/m0/s1. The maximum atomic E-state index is 12.6. The summed E-state index contributed by atoms with van der Waals surface area (Å²) in [4.78, 5) is 40.8. The zero-order chi connectivity index (χ0) is 18.8. The fourth-order valence-corrected chi connectivity index (χ4v) is 3.06. The third-order valence-corrected chi connectivity index (χ3v) is 4.38. The van der Waals surface area contributed by atoms with Crippen LogP contribution in [0.5, 0.6) is 5.75 Å².